The van der Waals surface area contributed by atoms with Gasteiger partial charge in [-0.3, -0.25) is 4.79 Å². The van der Waals surface area contributed by atoms with Gasteiger partial charge in [0.15, 0.2) is 0 Å². The van der Waals surface area contributed by atoms with E-state index in [1.54, 1.807) is 11.1 Å². The van der Waals surface area contributed by atoms with E-state index in [1.807, 2.05) is 37.3 Å². The molecule has 1 atom stereocenters. The minimum atomic E-state index is -0.142. The van der Waals surface area contributed by atoms with Gasteiger partial charge in [-0.05, 0) is 74.3 Å². The highest BCUT2D eigenvalue weighted by Crippen LogP contribution is 2.54. The number of hydrogen-bond acceptors (Lipinski definition) is 2. The molecule has 1 aromatic carbocycles. The fourth-order valence-corrected chi connectivity index (χ4v) is 4.84. The lowest BCUT2D eigenvalue weighted by atomic mass is 9.57. The van der Waals surface area contributed by atoms with E-state index in [0.29, 0.717) is 16.9 Å². The molecule has 3 heteroatoms. The normalized spacial score (nSPS) is 24.3. The van der Waals surface area contributed by atoms with Crippen LogP contribution in [-0.4, -0.2) is 11.6 Å². The van der Waals surface area contributed by atoms with Gasteiger partial charge in [-0.15, -0.1) is 0 Å². The van der Waals surface area contributed by atoms with Gasteiger partial charge in [0.05, 0.1) is 0 Å². The van der Waals surface area contributed by atoms with E-state index in [2.05, 4.69) is 38.2 Å². The number of nitrogens with zero attached hydrogens (tertiary/aromatic N) is 1. The van der Waals surface area contributed by atoms with E-state index >= 15 is 0 Å². The van der Waals surface area contributed by atoms with Crippen LogP contribution in [0, 0.1) is 16.7 Å². The zero-order valence-electron chi connectivity index (χ0n) is 17.6. The van der Waals surface area contributed by atoms with Crippen LogP contribution in [0.15, 0.2) is 46.6 Å². The Morgan fingerprint density at radius 2 is 1.89 bits per heavy atom. The highest BCUT2D eigenvalue weighted by molar-refractivity contribution is 5.95. The van der Waals surface area contributed by atoms with Gasteiger partial charge in [0, 0.05) is 11.3 Å². The zero-order valence-corrected chi connectivity index (χ0v) is 17.6. The molecule has 1 N–H and O–H groups in total. The summed E-state index contributed by atoms with van der Waals surface area (Å²) in [6, 6.07) is 9.26. The molecule has 2 aliphatic carbocycles. The van der Waals surface area contributed by atoms with Crippen molar-refractivity contribution in [3.05, 3.63) is 47.0 Å². The van der Waals surface area contributed by atoms with Crippen molar-refractivity contribution >= 4 is 11.6 Å². The predicted molar refractivity (Wildman–Crippen MR) is 113 cm³/mol. The lowest BCUT2D eigenvalue weighted by Gasteiger charge is -2.47. The molecule has 146 valence electrons. The molecule has 0 bridgehead atoms. The Labute approximate surface area is 164 Å². The summed E-state index contributed by atoms with van der Waals surface area (Å²) in [5.74, 6) is 0.444. The van der Waals surface area contributed by atoms with Crippen LogP contribution in [0.4, 0.5) is 0 Å². The second-order valence-electron chi connectivity index (χ2n) is 9.74. The zero-order chi connectivity index (χ0) is 19.7. The minimum absolute atomic E-state index is 0.142. The molecular formula is C24H34N2O. The third-order valence-corrected chi connectivity index (χ3v) is 6.68. The first-order valence-corrected chi connectivity index (χ1v) is 10.3. The van der Waals surface area contributed by atoms with Crippen molar-refractivity contribution in [3.8, 4) is 0 Å². The molecule has 1 aromatic rings. The summed E-state index contributed by atoms with van der Waals surface area (Å²) in [5, 5.41) is 4.39. The lowest BCUT2D eigenvalue weighted by molar-refractivity contribution is 0.0954. The average molecular weight is 367 g/mol. The molecule has 0 saturated carbocycles. The van der Waals surface area contributed by atoms with Crippen molar-refractivity contribution in [2.45, 2.75) is 73.1 Å². The molecule has 1 amide bonds. The molecule has 3 nitrogen and oxygen atoms in total. The fraction of sp³-hybridized carbons (Fsp3) is 0.583. The Bertz CT molecular complexity index is 756. The second kappa shape index (κ2) is 7.61. The number of benzene rings is 1. The van der Waals surface area contributed by atoms with Crippen LogP contribution in [-0.2, 0) is 0 Å². The van der Waals surface area contributed by atoms with Gasteiger partial charge in [0.1, 0.15) is 0 Å². The lowest BCUT2D eigenvalue weighted by Crippen LogP contribution is -2.36. The maximum atomic E-state index is 12.2. The summed E-state index contributed by atoms with van der Waals surface area (Å²) in [7, 11) is 0. The number of nitrogens with one attached hydrogen (secondary N) is 1. The van der Waals surface area contributed by atoms with Crippen molar-refractivity contribution in [3.63, 3.8) is 0 Å². The van der Waals surface area contributed by atoms with Gasteiger partial charge in [0.25, 0.3) is 5.91 Å². The van der Waals surface area contributed by atoms with Crippen LogP contribution in [0.25, 0.3) is 0 Å². The highest BCUT2D eigenvalue weighted by atomic mass is 16.2. The molecule has 0 spiro atoms. The third-order valence-electron chi connectivity index (χ3n) is 6.68. The van der Waals surface area contributed by atoms with Crippen molar-refractivity contribution in [1.82, 2.24) is 5.43 Å². The molecule has 0 aromatic heterocycles. The van der Waals surface area contributed by atoms with E-state index < -0.39 is 0 Å². The first-order valence-electron chi connectivity index (χ1n) is 10.3. The number of allylic oxidation sites excluding steroid dienone is 2. The van der Waals surface area contributed by atoms with Crippen LogP contribution in [0.1, 0.15) is 83.5 Å². The quantitative estimate of drug-likeness (QED) is 0.389. The average Bonchev–Trinajstić information content (AvgIpc) is 2.61. The molecule has 0 heterocycles. The van der Waals surface area contributed by atoms with Gasteiger partial charge >= 0.3 is 0 Å². The fourth-order valence-electron chi connectivity index (χ4n) is 4.84. The van der Waals surface area contributed by atoms with E-state index in [9.17, 15) is 4.79 Å². The molecule has 0 radical (unpaired) electrons. The van der Waals surface area contributed by atoms with Gasteiger partial charge < -0.3 is 0 Å². The molecule has 0 saturated heterocycles. The number of hydrazone groups is 1. The van der Waals surface area contributed by atoms with Crippen molar-refractivity contribution in [2.75, 3.05) is 0 Å². The van der Waals surface area contributed by atoms with Gasteiger partial charge in [-0.1, -0.05) is 57.0 Å². The van der Waals surface area contributed by atoms with Crippen molar-refractivity contribution in [2.24, 2.45) is 21.8 Å². The van der Waals surface area contributed by atoms with Gasteiger partial charge in [-0.2, -0.15) is 5.10 Å². The number of carbonyl (C=O) groups is 1. The SMILES string of the molecule is C/C(C[C@H]1CC2=C(CC1(C)C)C(C)(C)CCC2)=N/NC(=O)c1ccccc1. The summed E-state index contributed by atoms with van der Waals surface area (Å²) in [5.41, 5.74) is 8.44. The standard InChI is InChI=1S/C24H34N2O/c1-17(25-26-22(27)18-10-7-6-8-11-18)14-20-15-19-12-9-13-23(2,3)21(19)16-24(20,4)5/h6-8,10-11,20H,9,12-16H2,1-5H3,(H,26,27)/b25-17-/t20-/m0/s1. The van der Waals surface area contributed by atoms with Gasteiger partial charge in [-0.25, -0.2) is 5.43 Å². The monoisotopic (exact) mass is 366 g/mol. The molecule has 3 rings (SSSR count). The summed E-state index contributed by atoms with van der Waals surface area (Å²) in [6.45, 7) is 11.7. The molecule has 0 fully saturated rings. The number of carbonyl (C=O) groups excluding carboxylic acids is 1. The predicted octanol–water partition coefficient (Wildman–Crippen LogP) is 6.13. The number of hydrogen-bond donors (Lipinski definition) is 1. The molecule has 2 aliphatic rings. The highest BCUT2D eigenvalue weighted by Gasteiger charge is 2.41. The molecule has 27 heavy (non-hydrogen) atoms. The van der Waals surface area contributed by atoms with Crippen LogP contribution in [0.3, 0.4) is 0 Å². The molecular weight excluding hydrogens is 332 g/mol. The minimum Gasteiger partial charge on any atom is -0.267 e. The Kier molecular flexibility index (Phi) is 5.60. The number of amides is 1. The Balaban J connectivity index is 1.68. The van der Waals surface area contributed by atoms with E-state index in [-0.39, 0.29) is 11.3 Å². The third kappa shape index (κ3) is 4.51. The first-order chi connectivity index (χ1) is 12.7. The summed E-state index contributed by atoms with van der Waals surface area (Å²) >= 11 is 0. The Morgan fingerprint density at radius 3 is 2.59 bits per heavy atom. The van der Waals surface area contributed by atoms with E-state index in [0.717, 1.165) is 12.1 Å². The largest absolute Gasteiger partial charge is 0.271 e. The summed E-state index contributed by atoms with van der Waals surface area (Å²) in [4.78, 5) is 12.2. The van der Waals surface area contributed by atoms with Crippen LogP contribution >= 0.6 is 0 Å². The van der Waals surface area contributed by atoms with E-state index in [1.165, 1.54) is 32.1 Å². The van der Waals surface area contributed by atoms with Crippen molar-refractivity contribution < 1.29 is 4.79 Å². The Morgan fingerprint density at radius 1 is 1.19 bits per heavy atom. The maximum Gasteiger partial charge on any atom is 0.271 e. The van der Waals surface area contributed by atoms with Crippen LogP contribution < -0.4 is 5.43 Å². The molecule has 0 unspecified atom stereocenters. The smallest absolute Gasteiger partial charge is 0.267 e. The summed E-state index contributed by atoms with van der Waals surface area (Å²) in [6.07, 6.45) is 7.23. The van der Waals surface area contributed by atoms with Crippen molar-refractivity contribution in [1.29, 1.82) is 0 Å². The number of rotatable bonds is 4. The van der Waals surface area contributed by atoms with E-state index in [4.69, 9.17) is 0 Å². The van der Waals surface area contributed by atoms with Crippen LogP contribution in [0.5, 0.6) is 0 Å². The maximum absolute atomic E-state index is 12.2. The Hall–Kier alpha value is -1.90. The van der Waals surface area contributed by atoms with Gasteiger partial charge in [0.2, 0.25) is 0 Å². The second-order valence-corrected chi connectivity index (χ2v) is 9.74. The first kappa shape index (κ1) is 19.9. The summed E-state index contributed by atoms with van der Waals surface area (Å²) < 4.78 is 0. The topological polar surface area (TPSA) is 41.5 Å². The van der Waals surface area contributed by atoms with Crippen LogP contribution in [0.2, 0.25) is 0 Å². The molecule has 0 aliphatic heterocycles.